The lowest BCUT2D eigenvalue weighted by atomic mass is 10.0. The Morgan fingerprint density at radius 1 is 1.40 bits per heavy atom. The van der Waals surface area contributed by atoms with E-state index in [1.165, 1.54) is 6.42 Å². The van der Waals surface area contributed by atoms with Crippen LogP contribution in [-0.4, -0.2) is 33.8 Å². The molecule has 1 aliphatic heterocycles. The Kier molecular flexibility index (Phi) is 8.89. The monoisotopic (exact) mass is 385 g/mol. The van der Waals surface area contributed by atoms with Crippen LogP contribution < -0.4 is 10.6 Å². The fourth-order valence-corrected chi connectivity index (χ4v) is 2.91. The molecule has 0 aromatic carbocycles. The molecule has 1 atom stereocenters. The number of nitrogens with one attached hydrogen (secondary N) is 2. The minimum atomic E-state index is 0. The van der Waals surface area contributed by atoms with Crippen LogP contribution >= 0.6 is 24.8 Å². The van der Waals surface area contributed by atoms with Gasteiger partial charge in [0.15, 0.2) is 0 Å². The molecule has 1 aliphatic rings. The zero-order chi connectivity index (χ0) is 16.1. The third-order valence-electron chi connectivity index (χ3n) is 4.15. The van der Waals surface area contributed by atoms with Crippen molar-refractivity contribution in [3.8, 4) is 0 Å². The molecule has 0 saturated carbocycles. The molecule has 3 heterocycles. The number of nitrogens with zero attached hydrogens (tertiary/aromatic N) is 3. The number of anilines is 1. The highest BCUT2D eigenvalue weighted by Crippen LogP contribution is 2.16. The Hall–Kier alpha value is -1.63. The van der Waals surface area contributed by atoms with Crippen molar-refractivity contribution in [2.24, 2.45) is 5.92 Å². The number of amides is 1. The van der Waals surface area contributed by atoms with E-state index in [9.17, 15) is 4.79 Å². The summed E-state index contributed by atoms with van der Waals surface area (Å²) in [7, 11) is 0. The summed E-state index contributed by atoms with van der Waals surface area (Å²) in [5.41, 5.74) is 1.80. The standard InChI is InChI=1S/C17H23N5O.2ClH/c1-13-10-16(20-17(23)6-5-14-7-9-18-11-14)22(21-13)12-15-4-2-3-8-19-15;;/h2-4,8,10,14,18H,5-7,9,11-12H2,1H3,(H,20,23);2*1H. The summed E-state index contributed by atoms with van der Waals surface area (Å²) >= 11 is 0. The van der Waals surface area contributed by atoms with Gasteiger partial charge >= 0.3 is 0 Å². The number of aryl methyl sites for hydroxylation is 1. The van der Waals surface area contributed by atoms with Crippen LogP contribution in [0, 0.1) is 12.8 Å². The Bertz CT molecular complexity index is 656. The smallest absolute Gasteiger partial charge is 0.225 e. The fraction of sp³-hybridized carbons (Fsp3) is 0.471. The first-order valence-corrected chi connectivity index (χ1v) is 8.15. The molecule has 138 valence electrons. The number of hydrogen-bond donors (Lipinski definition) is 2. The molecule has 25 heavy (non-hydrogen) atoms. The highest BCUT2D eigenvalue weighted by Gasteiger charge is 2.16. The van der Waals surface area contributed by atoms with Crippen LogP contribution in [0.3, 0.4) is 0 Å². The molecule has 2 N–H and O–H groups in total. The van der Waals surface area contributed by atoms with Crippen molar-refractivity contribution in [3.63, 3.8) is 0 Å². The summed E-state index contributed by atoms with van der Waals surface area (Å²) in [6.07, 6.45) is 4.43. The van der Waals surface area contributed by atoms with Gasteiger partial charge in [-0.3, -0.25) is 9.78 Å². The SMILES string of the molecule is Cc1cc(NC(=O)CCC2CCNC2)n(Cc2ccccn2)n1.Cl.Cl. The van der Waals surface area contributed by atoms with E-state index in [1.54, 1.807) is 10.9 Å². The molecule has 0 aliphatic carbocycles. The second kappa shape index (κ2) is 10.4. The van der Waals surface area contributed by atoms with E-state index in [4.69, 9.17) is 0 Å². The normalized spacial score (nSPS) is 16.0. The average Bonchev–Trinajstić information content (AvgIpc) is 3.17. The van der Waals surface area contributed by atoms with E-state index in [0.717, 1.165) is 36.7 Å². The van der Waals surface area contributed by atoms with Gasteiger partial charge in [0.1, 0.15) is 5.82 Å². The molecular weight excluding hydrogens is 361 g/mol. The molecule has 1 unspecified atom stereocenters. The van der Waals surface area contributed by atoms with Gasteiger partial charge in [0.05, 0.1) is 17.9 Å². The minimum absolute atomic E-state index is 0. The highest BCUT2D eigenvalue weighted by molar-refractivity contribution is 5.89. The van der Waals surface area contributed by atoms with Crippen molar-refractivity contribution >= 4 is 36.5 Å². The van der Waals surface area contributed by atoms with Crippen molar-refractivity contribution in [2.75, 3.05) is 18.4 Å². The van der Waals surface area contributed by atoms with Crippen molar-refractivity contribution in [3.05, 3.63) is 41.9 Å². The number of halogens is 2. The first-order chi connectivity index (χ1) is 11.2. The van der Waals surface area contributed by atoms with E-state index < -0.39 is 0 Å². The van der Waals surface area contributed by atoms with Gasteiger partial charge in [0, 0.05) is 18.7 Å². The molecule has 8 heteroatoms. The predicted octanol–water partition coefficient (Wildman–Crippen LogP) is 2.81. The van der Waals surface area contributed by atoms with Crippen molar-refractivity contribution in [1.29, 1.82) is 0 Å². The molecule has 2 aromatic heterocycles. The molecule has 1 saturated heterocycles. The highest BCUT2D eigenvalue weighted by atomic mass is 35.5. The summed E-state index contributed by atoms with van der Waals surface area (Å²) in [6, 6.07) is 7.69. The third-order valence-corrected chi connectivity index (χ3v) is 4.15. The second-order valence-corrected chi connectivity index (χ2v) is 6.10. The molecule has 6 nitrogen and oxygen atoms in total. The van der Waals surface area contributed by atoms with E-state index in [0.29, 0.717) is 18.9 Å². The molecule has 1 fully saturated rings. The molecular formula is C17H25Cl2N5O. The Labute approximate surface area is 160 Å². The number of rotatable bonds is 6. The third kappa shape index (κ3) is 6.30. The van der Waals surface area contributed by atoms with Gasteiger partial charge in [-0.25, -0.2) is 4.68 Å². The summed E-state index contributed by atoms with van der Waals surface area (Å²) in [5, 5.41) is 10.8. The van der Waals surface area contributed by atoms with Crippen molar-refractivity contribution < 1.29 is 4.79 Å². The van der Waals surface area contributed by atoms with Crippen molar-refractivity contribution in [1.82, 2.24) is 20.1 Å². The molecule has 2 aromatic rings. The maximum atomic E-state index is 12.2. The second-order valence-electron chi connectivity index (χ2n) is 6.10. The summed E-state index contributed by atoms with van der Waals surface area (Å²) < 4.78 is 1.80. The van der Waals surface area contributed by atoms with Gasteiger partial charge < -0.3 is 10.6 Å². The largest absolute Gasteiger partial charge is 0.316 e. The summed E-state index contributed by atoms with van der Waals surface area (Å²) in [4.78, 5) is 16.5. The minimum Gasteiger partial charge on any atom is -0.316 e. The van der Waals surface area contributed by atoms with E-state index in [2.05, 4.69) is 20.7 Å². The number of aromatic nitrogens is 3. The van der Waals surface area contributed by atoms with Gasteiger partial charge in [-0.05, 0) is 50.9 Å². The Balaban J connectivity index is 0.00000156. The lowest BCUT2D eigenvalue weighted by Gasteiger charge is -2.10. The molecule has 1 amide bonds. The van der Waals surface area contributed by atoms with E-state index in [-0.39, 0.29) is 30.7 Å². The van der Waals surface area contributed by atoms with Crippen LogP contribution in [0.4, 0.5) is 5.82 Å². The number of carbonyl (C=O) groups excluding carboxylic acids is 1. The van der Waals surface area contributed by atoms with Crippen LogP contribution in [0.5, 0.6) is 0 Å². The molecule has 3 rings (SSSR count). The summed E-state index contributed by atoms with van der Waals surface area (Å²) in [6.45, 7) is 4.58. The molecule has 0 spiro atoms. The van der Waals surface area contributed by atoms with Crippen LogP contribution in [0.15, 0.2) is 30.5 Å². The fourth-order valence-electron chi connectivity index (χ4n) is 2.91. The van der Waals surface area contributed by atoms with Crippen LogP contribution in [0.25, 0.3) is 0 Å². The van der Waals surface area contributed by atoms with E-state index in [1.807, 2.05) is 31.2 Å². The lowest BCUT2D eigenvalue weighted by molar-refractivity contribution is -0.116. The van der Waals surface area contributed by atoms with E-state index >= 15 is 0 Å². The van der Waals surface area contributed by atoms with Gasteiger partial charge in [-0.1, -0.05) is 6.07 Å². The topological polar surface area (TPSA) is 71.8 Å². The molecule has 0 radical (unpaired) electrons. The Morgan fingerprint density at radius 2 is 2.24 bits per heavy atom. The van der Waals surface area contributed by atoms with Crippen LogP contribution in [-0.2, 0) is 11.3 Å². The number of carbonyl (C=O) groups is 1. The average molecular weight is 386 g/mol. The van der Waals surface area contributed by atoms with Gasteiger partial charge in [0.2, 0.25) is 5.91 Å². The predicted molar refractivity (Wildman–Crippen MR) is 104 cm³/mol. The maximum Gasteiger partial charge on any atom is 0.225 e. The quantitative estimate of drug-likeness (QED) is 0.801. The van der Waals surface area contributed by atoms with Gasteiger partial charge in [-0.15, -0.1) is 24.8 Å². The van der Waals surface area contributed by atoms with Gasteiger partial charge in [0.25, 0.3) is 0 Å². The van der Waals surface area contributed by atoms with Crippen LogP contribution in [0.1, 0.15) is 30.7 Å². The first kappa shape index (κ1) is 21.4. The van der Waals surface area contributed by atoms with Gasteiger partial charge in [-0.2, -0.15) is 5.10 Å². The zero-order valence-electron chi connectivity index (χ0n) is 14.3. The summed E-state index contributed by atoms with van der Waals surface area (Å²) in [5.74, 6) is 1.42. The van der Waals surface area contributed by atoms with Crippen molar-refractivity contribution in [2.45, 2.75) is 32.7 Å². The Morgan fingerprint density at radius 3 is 2.92 bits per heavy atom. The maximum absolute atomic E-state index is 12.2. The molecule has 0 bridgehead atoms. The number of hydrogen-bond acceptors (Lipinski definition) is 4. The first-order valence-electron chi connectivity index (χ1n) is 8.15. The van der Waals surface area contributed by atoms with Crippen LogP contribution in [0.2, 0.25) is 0 Å². The number of pyridine rings is 1. The zero-order valence-corrected chi connectivity index (χ0v) is 15.9. The lowest BCUT2D eigenvalue weighted by Crippen LogP contribution is -2.18.